The minimum absolute atomic E-state index is 0.0629. The topological polar surface area (TPSA) is 41.6 Å². The Bertz CT molecular complexity index is 238. The largest absolute Gasteiger partial charge is 0.379 e. The van der Waals surface area contributed by atoms with E-state index in [2.05, 4.69) is 5.32 Å². The van der Waals surface area contributed by atoms with Crippen molar-refractivity contribution in [1.82, 2.24) is 10.2 Å². The van der Waals surface area contributed by atoms with Crippen molar-refractivity contribution < 1.29 is 13.9 Å². The molecule has 0 unspecified atom stereocenters. The molecule has 0 bridgehead atoms. The van der Waals surface area contributed by atoms with Crippen LogP contribution < -0.4 is 5.32 Å². The molecule has 1 saturated carbocycles. The van der Waals surface area contributed by atoms with Crippen LogP contribution in [0.2, 0.25) is 0 Å². The van der Waals surface area contributed by atoms with E-state index in [0.717, 1.165) is 25.9 Å². The molecule has 4 nitrogen and oxygen atoms in total. The molecule has 1 amide bonds. The Hall–Kier alpha value is -0.680. The fourth-order valence-electron chi connectivity index (χ4n) is 1.74. The van der Waals surface area contributed by atoms with Crippen molar-refractivity contribution >= 4 is 5.91 Å². The van der Waals surface area contributed by atoms with E-state index < -0.39 is 12.2 Å². The number of halogens is 1. The number of carbonyl (C=O) groups is 1. The van der Waals surface area contributed by atoms with Crippen LogP contribution in [0.15, 0.2) is 0 Å². The zero-order valence-corrected chi connectivity index (χ0v) is 8.80. The predicted octanol–water partition coefficient (Wildman–Crippen LogP) is -0.0631. The molecule has 0 atom stereocenters. The minimum Gasteiger partial charge on any atom is -0.379 e. The number of nitrogens with zero attached hydrogens (tertiary/aromatic N) is 1. The third-order valence-corrected chi connectivity index (χ3v) is 2.98. The lowest BCUT2D eigenvalue weighted by atomic mass is 10.3. The summed E-state index contributed by atoms with van der Waals surface area (Å²) >= 11 is 0. The summed E-state index contributed by atoms with van der Waals surface area (Å²) in [5, 5.41) is 2.77. The molecule has 15 heavy (non-hydrogen) atoms. The van der Waals surface area contributed by atoms with Crippen LogP contribution in [-0.4, -0.2) is 55.9 Å². The first-order valence-corrected chi connectivity index (χ1v) is 5.41. The number of amides is 1. The van der Waals surface area contributed by atoms with E-state index >= 15 is 0 Å². The van der Waals surface area contributed by atoms with Gasteiger partial charge in [0.15, 0.2) is 0 Å². The SMILES string of the molecule is O=C(CN1CCOCC1)NC1(CF)CC1. The van der Waals surface area contributed by atoms with E-state index in [-0.39, 0.29) is 5.91 Å². The zero-order valence-electron chi connectivity index (χ0n) is 8.80. The molecule has 0 aromatic carbocycles. The van der Waals surface area contributed by atoms with Crippen molar-refractivity contribution in [3.63, 3.8) is 0 Å². The Balaban J connectivity index is 1.72. The second-order valence-electron chi connectivity index (χ2n) is 4.35. The van der Waals surface area contributed by atoms with Crippen LogP contribution in [0, 0.1) is 0 Å². The van der Waals surface area contributed by atoms with Crippen LogP contribution in [0.4, 0.5) is 4.39 Å². The molecule has 1 aliphatic heterocycles. The summed E-state index contributed by atoms with van der Waals surface area (Å²) < 4.78 is 17.7. The molecule has 2 rings (SSSR count). The summed E-state index contributed by atoms with van der Waals surface area (Å²) in [6.45, 7) is 2.86. The number of morpholine rings is 1. The summed E-state index contributed by atoms with van der Waals surface area (Å²) in [6.07, 6.45) is 1.55. The first-order chi connectivity index (χ1) is 7.24. The summed E-state index contributed by atoms with van der Waals surface area (Å²) in [6, 6.07) is 0. The molecule has 2 fully saturated rings. The van der Waals surface area contributed by atoms with Crippen molar-refractivity contribution in [2.75, 3.05) is 39.5 Å². The summed E-state index contributed by atoms with van der Waals surface area (Å²) in [5.74, 6) is -0.0629. The summed E-state index contributed by atoms with van der Waals surface area (Å²) in [7, 11) is 0. The van der Waals surface area contributed by atoms with Crippen molar-refractivity contribution in [2.24, 2.45) is 0 Å². The highest BCUT2D eigenvalue weighted by Gasteiger charge is 2.44. The molecule has 2 aliphatic rings. The molecule has 0 aromatic rings. The molecule has 5 heteroatoms. The number of rotatable bonds is 4. The number of ether oxygens (including phenoxy) is 1. The van der Waals surface area contributed by atoms with Crippen LogP contribution in [0.25, 0.3) is 0 Å². The van der Waals surface area contributed by atoms with E-state index in [4.69, 9.17) is 4.74 Å². The van der Waals surface area contributed by atoms with Gasteiger partial charge in [-0.05, 0) is 12.8 Å². The van der Waals surface area contributed by atoms with Gasteiger partial charge in [-0.15, -0.1) is 0 Å². The smallest absolute Gasteiger partial charge is 0.234 e. The van der Waals surface area contributed by atoms with E-state index in [0.29, 0.717) is 19.8 Å². The van der Waals surface area contributed by atoms with Gasteiger partial charge in [-0.1, -0.05) is 0 Å². The number of nitrogens with one attached hydrogen (secondary N) is 1. The Morgan fingerprint density at radius 2 is 2.07 bits per heavy atom. The molecule has 1 heterocycles. The first kappa shape index (κ1) is 10.8. The second kappa shape index (κ2) is 4.45. The number of hydrogen-bond acceptors (Lipinski definition) is 3. The molecule has 1 saturated heterocycles. The van der Waals surface area contributed by atoms with Gasteiger partial charge in [0.25, 0.3) is 0 Å². The van der Waals surface area contributed by atoms with Gasteiger partial charge in [-0.2, -0.15) is 0 Å². The van der Waals surface area contributed by atoms with Gasteiger partial charge in [0.1, 0.15) is 6.67 Å². The third kappa shape index (κ3) is 2.89. The Morgan fingerprint density at radius 3 is 2.60 bits per heavy atom. The minimum atomic E-state index is -0.511. The lowest BCUT2D eigenvalue weighted by molar-refractivity contribution is -0.124. The summed E-state index contributed by atoms with van der Waals surface area (Å²) in [5.41, 5.74) is -0.511. The van der Waals surface area contributed by atoms with E-state index in [1.54, 1.807) is 0 Å². The van der Waals surface area contributed by atoms with E-state index in [1.165, 1.54) is 0 Å². The van der Waals surface area contributed by atoms with Gasteiger partial charge in [-0.3, -0.25) is 9.69 Å². The van der Waals surface area contributed by atoms with Gasteiger partial charge in [-0.25, -0.2) is 4.39 Å². The molecule has 0 aromatic heterocycles. The molecule has 0 spiro atoms. The normalized spacial score (nSPS) is 24.9. The van der Waals surface area contributed by atoms with Crippen molar-refractivity contribution in [1.29, 1.82) is 0 Å². The number of hydrogen-bond donors (Lipinski definition) is 1. The first-order valence-electron chi connectivity index (χ1n) is 5.41. The van der Waals surface area contributed by atoms with Crippen molar-refractivity contribution in [3.05, 3.63) is 0 Å². The van der Waals surface area contributed by atoms with Crippen LogP contribution in [0.3, 0.4) is 0 Å². The van der Waals surface area contributed by atoms with Gasteiger partial charge in [0.05, 0.1) is 25.3 Å². The van der Waals surface area contributed by atoms with Crippen molar-refractivity contribution in [3.8, 4) is 0 Å². The van der Waals surface area contributed by atoms with Crippen LogP contribution >= 0.6 is 0 Å². The maximum Gasteiger partial charge on any atom is 0.234 e. The quantitative estimate of drug-likeness (QED) is 0.715. The maximum absolute atomic E-state index is 12.5. The Kier molecular flexibility index (Phi) is 3.21. The van der Waals surface area contributed by atoms with E-state index in [1.807, 2.05) is 4.90 Å². The van der Waals surface area contributed by atoms with Gasteiger partial charge < -0.3 is 10.1 Å². The third-order valence-electron chi connectivity index (χ3n) is 2.98. The van der Waals surface area contributed by atoms with Crippen LogP contribution in [-0.2, 0) is 9.53 Å². The molecular weight excluding hydrogens is 199 g/mol. The standard InChI is InChI=1S/C10H17FN2O2/c11-8-10(1-2-10)12-9(14)7-13-3-5-15-6-4-13/h1-8H2,(H,12,14). The molecular formula is C10H17FN2O2. The summed E-state index contributed by atoms with van der Waals surface area (Å²) in [4.78, 5) is 13.6. The lowest BCUT2D eigenvalue weighted by Crippen LogP contribution is -2.47. The Labute approximate surface area is 88.8 Å². The van der Waals surface area contributed by atoms with Gasteiger partial charge in [0, 0.05) is 13.1 Å². The zero-order chi connectivity index (χ0) is 10.7. The predicted molar refractivity (Wildman–Crippen MR) is 53.3 cm³/mol. The van der Waals surface area contributed by atoms with Crippen LogP contribution in [0.1, 0.15) is 12.8 Å². The highest BCUT2D eigenvalue weighted by molar-refractivity contribution is 5.79. The lowest BCUT2D eigenvalue weighted by Gasteiger charge is -2.26. The van der Waals surface area contributed by atoms with Crippen LogP contribution in [0.5, 0.6) is 0 Å². The van der Waals surface area contributed by atoms with Crippen molar-refractivity contribution in [2.45, 2.75) is 18.4 Å². The molecule has 1 aliphatic carbocycles. The molecule has 1 N–H and O–H groups in total. The molecule has 86 valence electrons. The van der Waals surface area contributed by atoms with E-state index in [9.17, 15) is 9.18 Å². The van der Waals surface area contributed by atoms with Gasteiger partial charge in [0.2, 0.25) is 5.91 Å². The fourth-order valence-corrected chi connectivity index (χ4v) is 1.74. The number of carbonyl (C=O) groups excluding carboxylic acids is 1. The van der Waals surface area contributed by atoms with Gasteiger partial charge >= 0.3 is 0 Å². The molecule has 0 radical (unpaired) electrons. The number of alkyl halides is 1. The highest BCUT2D eigenvalue weighted by Crippen LogP contribution is 2.35. The average Bonchev–Trinajstić information content (AvgIpc) is 3.00. The monoisotopic (exact) mass is 216 g/mol. The Morgan fingerprint density at radius 1 is 1.40 bits per heavy atom. The average molecular weight is 216 g/mol. The maximum atomic E-state index is 12.5. The fraction of sp³-hybridized carbons (Fsp3) is 0.900. The second-order valence-corrected chi connectivity index (χ2v) is 4.35. The highest BCUT2D eigenvalue weighted by atomic mass is 19.1.